The lowest BCUT2D eigenvalue weighted by Gasteiger charge is -2.22. The van der Waals surface area contributed by atoms with E-state index in [1.54, 1.807) is 6.92 Å². The minimum absolute atomic E-state index is 0.204. The van der Waals surface area contributed by atoms with Gasteiger partial charge in [-0.1, -0.05) is 29.8 Å². The summed E-state index contributed by atoms with van der Waals surface area (Å²) in [6, 6.07) is 11.3. The van der Waals surface area contributed by atoms with Crippen LogP contribution in [0.3, 0.4) is 0 Å². The number of amides is 3. The fourth-order valence-electron chi connectivity index (χ4n) is 3.61. The predicted octanol–water partition coefficient (Wildman–Crippen LogP) is 3.09. The van der Waals surface area contributed by atoms with Gasteiger partial charge in [-0.3, -0.25) is 9.69 Å². The second-order valence-electron chi connectivity index (χ2n) is 7.45. The molecule has 0 unspecified atom stereocenters. The first kappa shape index (κ1) is 17.4. The van der Waals surface area contributed by atoms with Crippen LogP contribution in [0, 0.1) is 13.8 Å². The zero-order valence-electron chi connectivity index (χ0n) is 15.7. The van der Waals surface area contributed by atoms with Crippen molar-refractivity contribution in [2.45, 2.75) is 39.3 Å². The van der Waals surface area contributed by atoms with Crippen LogP contribution in [-0.4, -0.2) is 29.2 Å². The second-order valence-corrected chi connectivity index (χ2v) is 7.45. The minimum Gasteiger partial charge on any atom is -0.454 e. The van der Waals surface area contributed by atoms with Gasteiger partial charge >= 0.3 is 6.03 Å². The molecule has 0 radical (unpaired) electrons. The van der Waals surface area contributed by atoms with Crippen molar-refractivity contribution in [1.82, 2.24) is 10.2 Å². The highest BCUT2D eigenvalue weighted by Gasteiger charge is 2.47. The van der Waals surface area contributed by atoms with E-state index in [0.29, 0.717) is 17.9 Å². The van der Waals surface area contributed by atoms with Crippen molar-refractivity contribution in [1.29, 1.82) is 0 Å². The minimum atomic E-state index is -0.984. The van der Waals surface area contributed by atoms with E-state index in [1.165, 1.54) is 4.90 Å². The summed E-state index contributed by atoms with van der Waals surface area (Å²) in [4.78, 5) is 26.9. The molecule has 2 heterocycles. The topological polar surface area (TPSA) is 67.9 Å². The fraction of sp³-hybridized carbons (Fsp3) is 0.333. The van der Waals surface area contributed by atoms with E-state index in [2.05, 4.69) is 5.32 Å². The number of nitrogens with one attached hydrogen (secondary N) is 1. The first-order chi connectivity index (χ1) is 12.9. The van der Waals surface area contributed by atoms with Crippen LogP contribution in [0.2, 0.25) is 0 Å². The molecule has 0 aromatic heterocycles. The van der Waals surface area contributed by atoms with Gasteiger partial charge in [-0.2, -0.15) is 0 Å². The van der Waals surface area contributed by atoms with Crippen molar-refractivity contribution in [2.24, 2.45) is 0 Å². The van der Waals surface area contributed by atoms with Crippen LogP contribution >= 0.6 is 0 Å². The van der Waals surface area contributed by atoms with E-state index < -0.39 is 5.54 Å². The number of aryl methyl sites for hydroxylation is 2. The predicted molar refractivity (Wildman–Crippen MR) is 99.7 cm³/mol. The van der Waals surface area contributed by atoms with Crippen molar-refractivity contribution in [3.63, 3.8) is 0 Å². The molecule has 6 heteroatoms. The Hall–Kier alpha value is -3.02. The maximum Gasteiger partial charge on any atom is 0.325 e. The van der Waals surface area contributed by atoms with Gasteiger partial charge in [-0.15, -0.1) is 0 Å². The first-order valence-corrected chi connectivity index (χ1v) is 8.94. The Morgan fingerprint density at radius 1 is 1.07 bits per heavy atom. The molecule has 2 aliphatic rings. The lowest BCUT2D eigenvalue weighted by atomic mass is 9.92. The van der Waals surface area contributed by atoms with Crippen LogP contribution < -0.4 is 14.8 Å². The highest BCUT2D eigenvalue weighted by molar-refractivity contribution is 6.06. The summed E-state index contributed by atoms with van der Waals surface area (Å²) in [5.41, 5.74) is 3.06. The van der Waals surface area contributed by atoms with Crippen LogP contribution in [0.25, 0.3) is 0 Å². The maximum absolute atomic E-state index is 13.1. The van der Waals surface area contributed by atoms with Crippen molar-refractivity contribution < 1.29 is 19.1 Å². The summed E-state index contributed by atoms with van der Waals surface area (Å²) in [5.74, 6) is 1.15. The number of carbonyl (C=O) groups excluding carboxylic acids is 2. The van der Waals surface area contributed by atoms with E-state index in [1.807, 2.05) is 50.2 Å². The highest BCUT2D eigenvalue weighted by atomic mass is 16.7. The molecule has 1 atom stereocenters. The van der Waals surface area contributed by atoms with E-state index in [4.69, 9.17) is 9.47 Å². The number of rotatable bonds is 4. The molecule has 4 rings (SSSR count). The maximum atomic E-state index is 13.1. The van der Waals surface area contributed by atoms with Crippen LogP contribution in [0.1, 0.15) is 29.2 Å². The van der Waals surface area contributed by atoms with Crippen LogP contribution in [0.15, 0.2) is 36.4 Å². The van der Waals surface area contributed by atoms with Crippen molar-refractivity contribution in [3.8, 4) is 11.5 Å². The van der Waals surface area contributed by atoms with E-state index >= 15 is 0 Å². The van der Waals surface area contributed by atoms with Gasteiger partial charge in [-0.25, -0.2) is 4.79 Å². The molecule has 1 fully saturated rings. The third-order valence-electron chi connectivity index (χ3n) is 5.17. The Morgan fingerprint density at radius 2 is 1.85 bits per heavy atom. The largest absolute Gasteiger partial charge is 0.454 e. The Morgan fingerprint density at radius 3 is 2.67 bits per heavy atom. The summed E-state index contributed by atoms with van der Waals surface area (Å²) in [5, 5.41) is 2.87. The van der Waals surface area contributed by atoms with E-state index in [9.17, 15) is 9.59 Å². The monoisotopic (exact) mass is 366 g/mol. The number of carbonyl (C=O) groups is 2. The summed E-state index contributed by atoms with van der Waals surface area (Å²) in [6.45, 7) is 6.22. The van der Waals surface area contributed by atoms with Crippen LogP contribution in [-0.2, 0) is 17.8 Å². The number of ether oxygens (including phenoxy) is 2. The van der Waals surface area contributed by atoms with Gasteiger partial charge in [0, 0.05) is 6.42 Å². The smallest absolute Gasteiger partial charge is 0.325 e. The van der Waals surface area contributed by atoms with Crippen LogP contribution in [0.4, 0.5) is 4.79 Å². The lowest BCUT2D eigenvalue weighted by molar-refractivity contribution is -0.131. The zero-order chi connectivity index (χ0) is 19.2. The zero-order valence-corrected chi connectivity index (χ0v) is 15.7. The molecular formula is C21H22N2O4. The summed E-state index contributed by atoms with van der Waals surface area (Å²) < 4.78 is 10.7. The Labute approximate surface area is 158 Å². The summed E-state index contributed by atoms with van der Waals surface area (Å²) in [7, 11) is 0. The summed E-state index contributed by atoms with van der Waals surface area (Å²) >= 11 is 0. The Bertz CT molecular complexity index is 940. The molecule has 3 amide bonds. The van der Waals surface area contributed by atoms with E-state index in [-0.39, 0.29) is 25.3 Å². The molecule has 2 aliphatic heterocycles. The van der Waals surface area contributed by atoms with Gasteiger partial charge in [0.2, 0.25) is 6.79 Å². The molecule has 140 valence electrons. The van der Waals surface area contributed by atoms with Gasteiger partial charge < -0.3 is 14.8 Å². The molecule has 0 aliphatic carbocycles. The quantitative estimate of drug-likeness (QED) is 0.845. The molecule has 0 saturated carbocycles. The number of fused-ring (bicyclic) bond motifs is 1. The molecular weight excluding hydrogens is 344 g/mol. The van der Waals surface area contributed by atoms with Gasteiger partial charge in [0.15, 0.2) is 11.5 Å². The molecule has 2 aromatic rings. The van der Waals surface area contributed by atoms with Gasteiger partial charge in [-0.05, 0) is 49.6 Å². The fourth-order valence-corrected chi connectivity index (χ4v) is 3.61. The molecule has 0 bridgehead atoms. The van der Waals surface area contributed by atoms with Crippen molar-refractivity contribution in [3.05, 3.63) is 58.7 Å². The molecule has 2 aromatic carbocycles. The molecule has 0 spiro atoms. The van der Waals surface area contributed by atoms with Gasteiger partial charge in [0.1, 0.15) is 5.54 Å². The van der Waals surface area contributed by atoms with E-state index in [0.717, 1.165) is 22.3 Å². The number of benzene rings is 2. The third-order valence-corrected chi connectivity index (χ3v) is 5.17. The molecule has 1 saturated heterocycles. The third kappa shape index (κ3) is 3.12. The second kappa shape index (κ2) is 6.30. The molecule has 1 N–H and O–H groups in total. The van der Waals surface area contributed by atoms with Crippen molar-refractivity contribution >= 4 is 11.9 Å². The lowest BCUT2D eigenvalue weighted by Crippen LogP contribution is -2.45. The molecule has 27 heavy (non-hydrogen) atoms. The Balaban J connectivity index is 1.55. The average Bonchev–Trinajstić information content (AvgIpc) is 3.16. The number of imide groups is 1. The normalized spacial score (nSPS) is 20.9. The standard InChI is InChI=1S/C21H22N2O4/c1-13-4-5-14(2)16(8-13)11-23-19(24)21(3,22-20(23)25)10-15-6-7-17-18(9-15)27-12-26-17/h4-9H,10-12H2,1-3H3,(H,22,25)/t21-/m0/s1. The SMILES string of the molecule is Cc1ccc(C)c(CN2C(=O)N[C@@](C)(Cc3ccc4c(c3)OCO4)C2=O)c1. The van der Waals surface area contributed by atoms with Gasteiger partial charge in [0.25, 0.3) is 5.91 Å². The number of urea groups is 1. The first-order valence-electron chi connectivity index (χ1n) is 8.94. The van der Waals surface area contributed by atoms with Gasteiger partial charge in [0.05, 0.1) is 6.54 Å². The highest BCUT2D eigenvalue weighted by Crippen LogP contribution is 2.34. The summed E-state index contributed by atoms with van der Waals surface area (Å²) in [6.07, 6.45) is 0.386. The average molecular weight is 366 g/mol. The number of hydrogen-bond donors (Lipinski definition) is 1. The number of hydrogen-bond acceptors (Lipinski definition) is 4. The number of nitrogens with zero attached hydrogens (tertiary/aromatic N) is 1. The molecule has 6 nitrogen and oxygen atoms in total. The Kier molecular flexibility index (Phi) is 4.06. The van der Waals surface area contributed by atoms with Crippen LogP contribution in [0.5, 0.6) is 11.5 Å². The van der Waals surface area contributed by atoms with Crippen molar-refractivity contribution in [2.75, 3.05) is 6.79 Å².